The number of carbonyl (C=O) groups excluding carboxylic acids is 3. The molecule has 3 aliphatic heterocycles. The monoisotopic (exact) mass is 453 g/mol. The average Bonchev–Trinajstić information content (AvgIpc) is 3.32. The predicted molar refractivity (Wildman–Crippen MR) is 124 cm³/mol. The number of hydrazone groups is 1. The number of amides is 2. The van der Waals surface area contributed by atoms with E-state index >= 15 is 0 Å². The standard InChI is InChI=1S/C27H20FN3O3/c1-15-6-12-19(13-7-15)30-26(33)21-22(27(30)34)24(25(32)16-8-10-18(28)11-9-16)31-23(21)20-5-3-2-4-17(20)14-29-31/h2-14,21-24H,1H3/t21-,22+,23?,24-/m1/s1. The van der Waals surface area contributed by atoms with Gasteiger partial charge in [-0.3, -0.25) is 19.4 Å². The van der Waals surface area contributed by atoms with Crippen molar-refractivity contribution in [1.82, 2.24) is 5.01 Å². The second-order valence-electron chi connectivity index (χ2n) is 8.91. The first-order valence-corrected chi connectivity index (χ1v) is 11.1. The van der Waals surface area contributed by atoms with E-state index in [-0.39, 0.29) is 17.3 Å². The zero-order valence-corrected chi connectivity index (χ0v) is 18.3. The van der Waals surface area contributed by atoms with Gasteiger partial charge in [0, 0.05) is 5.56 Å². The Kier molecular flexibility index (Phi) is 4.49. The first kappa shape index (κ1) is 20.5. The molecule has 6 nitrogen and oxygen atoms in total. The fraction of sp³-hybridized carbons (Fsp3) is 0.185. The molecule has 168 valence electrons. The summed E-state index contributed by atoms with van der Waals surface area (Å²) < 4.78 is 13.5. The third-order valence-corrected chi connectivity index (χ3v) is 6.98. The van der Waals surface area contributed by atoms with Gasteiger partial charge < -0.3 is 0 Å². The number of imide groups is 1. The molecule has 0 N–H and O–H groups in total. The van der Waals surface area contributed by atoms with Crippen molar-refractivity contribution in [2.24, 2.45) is 16.9 Å². The first-order valence-electron chi connectivity index (χ1n) is 11.1. The maximum atomic E-state index is 13.8. The topological polar surface area (TPSA) is 70.1 Å². The summed E-state index contributed by atoms with van der Waals surface area (Å²) in [6.45, 7) is 1.93. The van der Waals surface area contributed by atoms with Gasteiger partial charge in [-0.1, -0.05) is 42.0 Å². The largest absolute Gasteiger partial charge is 0.292 e. The zero-order valence-electron chi connectivity index (χ0n) is 18.3. The molecule has 3 heterocycles. The maximum absolute atomic E-state index is 13.8. The van der Waals surface area contributed by atoms with E-state index in [2.05, 4.69) is 5.10 Å². The van der Waals surface area contributed by atoms with Crippen LogP contribution in [0.25, 0.3) is 0 Å². The molecule has 0 aliphatic carbocycles. The summed E-state index contributed by atoms with van der Waals surface area (Å²) in [6.07, 6.45) is 1.66. The predicted octanol–water partition coefficient (Wildman–Crippen LogP) is 3.90. The molecule has 3 aliphatic rings. The number of fused-ring (bicyclic) bond motifs is 5. The summed E-state index contributed by atoms with van der Waals surface area (Å²) >= 11 is 0. The zero-order chi connectivity index (χ0) is 23.6. The van der Waals surface area contributed by atoms with Crippen LogP contribution in [0.2, 0.25) is 0 Å². The Hall–Kier alpha value is -4.13. The van der Waals surface area contributed by atoms with E-state index < -0.39 is 35.6 Å². The normalized spacial score (nSPS) is 24.8. The number of benzene rings is 3. The highest BCUT2D eigenvalue weighted by atomic mass is 19.1. The lowest BCUT2D eigenvalue weighted by Crippen LogP contribution is -2.44. The smallest absolute Gasteiger partial charge is 0.240 e. The molecule has 0 aromatic heterocycles. The number of Topliss-reactive ketones (excluding diaryl/α,β-unsaturated/α-hetero) is 1. The maximum Gasteiger partial charge on any atom is 0.240 e. The van der Waals surface area contributed by atoms with Crippen LogP contribution in [0.15, 0.2) is 77.9 Å². The highest BCUT2D eigenvalue weighted by molar-refractivity contribution is 6.24. The van der Waals surface area contributed by atoms with E-state index in [1.165, 1.54) is 29.2 Å². The molecule has 0 radical (unpaired) electrons. The van der Waals surface area contributed by atoms with Crippen LogP contribution in [-0.2, 0) is 9.59 Å². The fourth-order valence-corrected chi connectivity index (χ4v) is 5.40. The Morgan fingerprint density at radius 2 is 1.56 bits per heavy atom. The van der Waals surface area contributed by atoms with E-state index in [0.717, 1.165) is 16.7 Å². The summed E-state index contributed by atoms with van der Waals surface area (Å²) in [7, 11) is 0. The molecule has 2 saturated heterocycles. The van der Waals surface area contributed by atoms with E-state index in [1.807, 2.05) is 43.3 Å². The minimum atomic E-state index is -0.975. The Labute approximate surface area is 195 Å². The highest BCUT2D eigenvalue weighted by Gasteiger charge is 2.65. The average molecular weight is 453 g/mol. The molecular weight excluding hydrogens is 433 g/mol. The first-order chi connectivity index (χ1) is 16.5. The van der Waals surface area contributed by atoms with Crippen molar-refractivity contribution in [3.05, 3.63) is 101 Å². The molecule has 7 heteroatoms. The van der Waals surface area contributed by atoms with Crippen molar-refractivity contribution in [3.63, 3.8) is 0 Å². The Morgan fingerprint density at radius 3 is 2.29 bits per heavy atom. The lowest BCUT2D eigenvalue weighted by atomic mass is 9.83. The Bertz CT molecular complexity index is 1370. The number of rotatable bonds is 3. The minimum Gasteiger partial charge on any atom is -0.292 e. The van der Waals surface area contributed by atoms with Gasteiger partial charge in [0.25, 0.3) is 0 Å². The molecule has 2 amide bonds. The quantitative estimate of drug-likeness (QED) is 0.446. The van der Waals surface area contributed by atoms with E-state index in [4.69, 9.17) is 0 Å². The molecule has 0 spiro atoms. The number of aryl methyl sites for hydroxylation is 1. The molecule has 6 rings (SSSR count). The molecule has 3 aromatic rings. The van der Waals surface area contributed by atoms with Gasteiger partial charge in [0.05, 0.1) is 29.8 Å². The Morgan fingerprint density at radius 1 is 0.882 bits per heavy atom. The van der Waals surface area contributed by atoms with Crippen molar-refractivity contribution >= 4 is 29.5 Å². The molecular formula is C27H20FN3O3. The van der Waals surface area contributed by atoms with Crippen molar-refractivity contribution in [2.75, 3.05) is 4.90 Å². The third-order valence-electron chi connectivity index (χ3n) is 6.98. The molecule has 34 heavy (non-hydrogen) atoms. The summed E-state index contributed by atoms with van der Waals surface area (Å²) in [4.78, 5) is 42.4. The van der Waals surface area contributed by atoms with Crippen LogP contribution < -0.4 is 4.90 Å². The molecule has 3 aromatic carbocycles. The van der Waals surface area contributed by atoms with Gasteiger partial charge in [0.2, 0.25) is 11.8 Å². The summed E-state index contributed by atoms with van der Waals surface area (Å²) in [5.74, 6) is -3.24. The number of carbonyl (C=O) groups is 3. The molecule has 1 unspecified atom stereocenters. The van der Waals surface area contributed by atoms with Gasteiger partial charge >= 0.3 is 0 Å². The number of hydrogen-bond donors (Lipinski definition) is 0. The number of halogens is 1. The third kappa shape index (κ3) is 2.86. The van der Waals surface area contributed by atoms with E-state index in [9.17, 15) is 18.8 Å². The summed E-state index contributed by atoms with van der Waals surface area (Å²) in [5.41, 5.74) is 3.48. The van der Waals surface area contributed by atoms with Crippen LogP contribution in [0.4, 0.5) is 10.1 Å². The number of ketones is 1. The summed E-state index contributed by atoms with van der Waals surface area (Å²) in [6, 6.07) is 18.5. The van der Waals surface area contributed by atoms with Crippen LogP contribution in [0.1, 0.15) is 33.1 Å². The van der Waals surface area contributed by atoms with Crippen LogP contribution in [-0.4, -0.2) is 34.9 Å². The second kappa shape index (κ2) is 7.45. The van der Waals surface area contributed by atoms with Gasteiger partial charge in [0.1, 0.15) is 11.9 Å². The van der Waals surface area contributed by atoms with Crippen molar-refractivity contribution < 1.29 is 18.8 Å². The van der Waals surface area contributed by atoms with Gasteiger partial charge in [-0.05, 0) is 54.4 Å². The molecule has 0 bridgehead atoms. The van der Waals surface area contributed by atoms with E-state index in [1.54, 1.807) is 23.4 Å². The van der Waals surface area contributed by atoms with Crippen LogP contribution >= 0.6 is 0 Å². The van der Waals surface area contributed by atoms with Crippen LogP contribution in [0.5, 0.6) is 0 Å². The minimum absolute atomic E-state index is 0.272. The lowest BCUT2D eigenvalue weighted by molar-refractivity contribution is -0.124. The summed E-state index contributed by atoms with van der Waals surface area (Å²) in [5, 5.41) is 6.13. The van der Waals surface area contributed by atoms with Crippen molar-refractivity contribution in [2.45, 2.75) is 19.0 Å². The number of nitrogens with zero attached hydrogens (tertiary/aromatic N) is 3. The highest BCUT2D eigenvalue weighted by Crippen LogP contribution is 2.53. The van der Waals surface area contributed by atoms with Crippen molar-refractivity contribution in [1.29, 1.82) is 0 Å². The van der Waals surface area contributed by atoms with E-state index in [0.29, 0.717) is 5.69 Å². The van der Waals surface area contributed by atoms with Crippen LogP contribution in [0, 0.1) is 24.6 Å². The number of hydrogen-bond acceptors (Lipinski definition) is 5. The lowest BCUT2D eigenvalue weighted by Gasteiger charge is -2.33. The van der Waals surface area contributed by atoms with Crippen molar-refractivity contribution in [3.8, 4) is 0 Å². The van der Waals surface area contributed by atoms with Gasteiger partial charge in [0.15, 0.2) is 5.78 Å². The molecule has 0 saturated carbocycles. The Balaban J connectivity index is 1.49. The van der Waals surface area contributed by atoms with Gasteiger partial charge in [-0.15, -0.1) is 0 Å². The van der Waals surface area contributed by atoms with Gasteiger partial charge in [-0.25, -0.2) is 9.29 Å². The second-order valence-corrected chi connectivity index (χ2v) is 8.91. The molecule has 4 atom stereocenters. The SMILES string of the molecule is Cc1ccc(N2C(=O)[C@H]3[C@@H](C2=O)C2c4ccccc4C=NN2[C@H]3C(=O)c2ccc(F)cc2)cc1. The number of anilines is 1. The fourth-order valence-electron chi connectivity index (χ4n) is 5.40. The van der Waals surface area contributed by atoms with Gasteiger partial charge in [-0.2, -0.15) is 5.10 Å². The van der Waals surface area contributed by atoms with Crippen LogP contribution in [0.3, 0.4) is 0 Å². The molecule has 2 fully saturated rings.